The molecule has 0 aliphatic heterocycles. The fourth-order valence-electron chi connectivity index (χ4n) is 1.64. The summed E-state index contributed by atoms with van der Waals surface area (Å²) in [6, 6.07) is 11.1. The molecule has 2 aromatic rings. The predicted molar refractivity (Wildman–Crippen MR) is 76.6 cm³/mol. The summed E-state index contributed by atoms with van der Waals surface area (Å²) in [5.41, 5.74) is 0.857. The first-order valence-electron chi connectivity index (χ1n) is 6.63. The van der Waals surface area contributed by atoms with Crippen LogP contribution in [0, 0.1) is 11.3 Å². The smallest absolute Gasteiger partial charge is 0.413 e. The molecule has 0 saturated carbocycles. The zero-order chi connectivity index (χ0) is 15.8. The zero-order valence-electron chi connectivity index (χ0n) is 12.0. The second kappa shape index (κ2) is 7.75. The van der Waals surface area contributed by atoms with Gasteiger partial charge in [0, 0.05) is 6.61 Å². The molecule has 0 radical (unpaired) electrons. The summed E-state index contributed by atoms with van der Waals surface area (Å²) in [6.07, 6.45) is -0.694. The number of anilines is 1. The van der Waals surface area contributed by atoms with Gasteiger partial charge in [0.1, 0.15) is 19.4 Å². The Bertz CT molecular complexity index is 663. The molecule has 0 unspecified atom stereocenters. The van der Waals surface area contributed by atoms with Gasteiger partial charge in [-0.15, -0.1) is 5.10 Å². The van der Waals surface area contributed by atoms with Gasteiger partial charge in [0.05, 0.1) is 0 Å². The summed E-state index contributed by atoms with van der Waals surface area (Å²) in [5.74, 6) is 0.147. The van der Waals surface area contributed by atoms with Crippen LogP contribution in [0.1, 0.15) is 18.2 Å². The zero-order valence-corrected chi connectivity index (χ0v) is 12.0. The van der Waals surface area contributed by atoms with Crippen LogP contribution in [0.15, 0.2) is 30.3 Å². The number of amides is 1. The van der Waals surface area contributed by atoms with Crippen molar-refractivity contribution < 1.29 is 14.3 Å². The van der Waals surface area contributed by atoms with Gasteiger partial charge in [-0.25, -0.2) is 9.48 Å². The van der Waals surface area contributed by atoms with E-state index in [0.717, 1.165) is 5.56 Å². The first kappa shape index (κ1) is 15.5. The third-order valence-electron chi connectivity index (χ3n) is 2.69. The van der Waals surface area contributed by atoms with Crippen molar-refractivity contribution in [3.63, 3.8) is 0 Å². The summed E-state index contributed by atoms with van der Waals surface area (Å²) in [7, 11) is 0. The van der Waals surface area contributed by atoms with Crippen LogP contribution in [0.5, 0.6) is 0 Å². The summed E-state index contributed by atoms with van der Waals surface area (Å²) in [6.45, 7) is 2.50. The van der Waals surface area contributed by atoms with Crippen LogP contribution < -0.4 is 5.32 Å². The monoisotopic (exact) mass is 301 g/mol. The number of rotatable bonds is 6. The number of benzene rings is 1. The second-order valence-electron chi connectivity index (χ2n) is 4.21. The minimum atomic E-state index is -0.694. The van der Waals surface area contributed by atoms with Crippen molar-refractivity contribution in [2.45, 2.75) is 20.3 Å². The molecule has 1 N–H and O–H groups in total. The summed E-state index contributed by atoms with van der Waals surface area (Å²) in [5, 5.41) is 18.8. The molecule has 1 heterocycles. The van der Waals surface area contributed by atoms with Gasteiger partial charge < -0.3 is 9.47 Å². The summed E-state index contributed by atoms with van der Waals surface area (Å²) >= 11 is 0. The first-order valence-corrected chi connectivity index (χ1v) is 6.63. The number of carbonyl (C=O) groups is 1. The fourth-order valence-corrected chi connectivity index (χ4v) is 1.64. The lowest BCUT2D eigenvalue weighted by atomic mass is 10.2. The maximum atomic E-state index is 11.8. The largest absolute Gasteiger partial charge is 0.444 e. The molecule has 1 aromatic carbocycles. The van der Waals surface area contributed by atoms with E-state index in [1.54, 1.807) is 0 Å². The molecule has 0 aliphatic carbocycles. The van der Waals surface area contributed by atoms with E-state index in [9.17, 15) is 4.79 Å². The van der Waals surface area contributed by atoms with Gasteiger partial charge in [0.25, 0.3) is 0 Å². The van der Waals surface area contributed by atoms with Gasteiger partial charge in [0.15, 0.2) is 5.82 Å². The standard InChI is InChI=1S/C14H15N5O3/c1-2-21-10-19-13(12(8-15)17-18-19)16-14(20)22-9-11-6-4-3-5-7-11/h3-7H,2,9-10H2,1H3,(H,16,20). The quantitative estimate of drug-likeness (QED) is 0.874. The van der Waals surface area contributed by atoms with Crippen LogP contribution >= 0.6 is 0 Å². The fraction of sp³-hybridized carbons (Fsp3) is 0.286. The number of nitrogens with zero attached hydrogens (tertiary/aromatic N) is 4. The highest BCUT2D eigenvalue weighted by Gasteiger charge is 2.16. The summed E-state index contributed by atoms with van der Waals surface area (Å²) in [4.78, 5) is 11.8. The Morgan fingerprint density at radius 3 is 2.86 bits per heavy atom. The molecule has 0 bridgehead atoms. The molecule has 1 aromatic heterocycles. The molecular formula is C14H15N5O3. The van der Waals surface area contributed by atoms with Crippen molar-refractivity contribution in [3.05, 3.63) is 41.6 Å². The minimum absolute atomic E-state index is 0.00337. The van der Waals surface area contributed by atoms with E-state index in [1.807, 2.05) is 43.3 Å². The maximum absolute atomic E-state index is 11.8. The molecule has 0 saturated heterocycles. The SMILES string of the molecule is CCOCn1nnc(C#N)c1NC(=O)OCc1ccccc1. The summed E-state index contributed by atoms with van der Waals surface area (Å²) < 4.78 is 11.6. The van der Waals surface area contributed by atoms with Crippen molar-refractivity contribution in [1.82, 2.24) is 15.0 Å². The Morgan fingerprint density at radius 2 is 2.18 bits per heavy atom. The van der Waals surface area contributed by atoms with E-state index < -0.39 is 6.09 Å². The Morgan fingerprint density at radius 1 is 1.41 bits per heavy atom. The molecule has 114 valence electrons. The average molecular weight is 301 g/mol. The number of hydrogen-bond acceptors (Lipinski definition) is 6. The second-order valence-corrected chi connectivity index (χ2v) is 4.21. The highest BCUT2D eigenvalue weighted by Crippen LogP contribution is 2.12. The molecule has 8 heteroatoms. The third-order valence-corrected chi connectivity index (χ3v) is 2.69. The highest BCUT2D eigenvalue weighted by atomic mass is 16.5. The van der Waals surface area contributed by atoms with Crippen LogP contribution in [0.4, 0.5) is 10.6 Å². The van der Waals surface area contributed by atoms with E-state index >= 15 is 0 Å². The van der Waals surface area contributed by atoms with Crippen LogP contribution in [0.25, 0.3) is 0 Å². The van der Waals surface area contributed by atoms with Crippen molar-refractivity contribution in [3.8, 4) is 6.07 Å². The predicted octanol–water partition coefficient (Wildman–Crippen LogP) is 1.89. The Balaban J connectivity index is 1.98. The van der Waals surface area contributed by atoms with Gasteiger partial charge in [-0.3, -0.25) is 5.32 Å². The van der Waals surface area contributed by atoms with Crippen LogP contribution in [0.3, 0.4) is 0 Å². The van der Waals surface area contributed by atoms with E-state index in [2.05, 4.69) is 15.6 Å². The Hall–Kier alpha value is -2.92. The number of ether oxygens (including phenoxy) is 2. The highest BCUT2D eigenvalue weighted by molar-refractivity contribution is 5.84. The first-order chi connectivity index (χ1) is 10.7. The number of hydrogen-bond donors (Lipinski definition) is 1. The van der Waals surface area contributed by atoms with E-state index in [4.69, 9.17) is 14.7 Å². The third kappa shape index (κ3) is 4.04. The van der Waals surface area contributed by atoms with Crippen LogP contribution in [-0.4, -0.2) is 27.7 Å². The topological polar surface area (TPSA) is 102 Å². The number of nitrogens with one attached hydrogen (secondary N) is 1. The molecular weight excluding hydrogens is 286 g/mol. The van der Waals surface area contributed by atoms with Crippen molar-refractivity contribution >= 4 is 11.9 Å². The molecule has 8 nitrogen and oxygen atoms in total. The number of carbonyl (C=O) groups excluding carboxylic acids is 1. The maximum Gasteiger partial charge on any atom is 0.413 e. The van der Waals surface area contributed by atoms with Crippen molar-refractivity contribution in [2.24, 2.45) is 0 Å². The molecule has 0 spiro atoms. The van der Waals surface area contributed by atoms with E-state index in [1.165, 1.54) is 4.68 Å². The average Bonchev–Trinajstić information content (AvgIpc) is 2.93. The Labute approximate surface area is 127 Å². The van der Waals surface area contributed by atoms with E-state index in [-0.39, 0.29) is 24.8 Å². The molecule has 1 amide bonds. The van der Waals surface area contributed by atoms with Gasteiger partial charge in [-0.05, 0) is 12.5 Å². The molecule has 0 fully saturated rings. The lowest BCUT2D eigenvalue weighted by Crippen LogP contribution is -2.18. The van der Waals surface area contributed by atoms with Gasteiger partial charge in [0.2, 0.25) is 5.69 Å². The molecule has 22 heavy (non-hydrogen) atoms. The van der Waals surface area contributed by atoms with Gasteiger partial charge in [-0.1, -0.05) is 35.5 Å². The van der Waals surface area contributed by atoms with Crippen LogP contribution in [-0.2, 0) is 22.8 Å². The van der Waals surface area contributed by atoms with Gasteiger partial charge in [-0.2, -0.15) is 5.26 Å². The van der Waals surface area contributed by atoms with Crippen molar-refractivity contribution in [2.75, 3.05) is 11.9 Å². The lowest BCUT2D eigenvalue weighted by Gasteiger charge is -2.09. The Kier molecular flexibility index (Phi) is 5.45. The lowest BCUT2D eigenvalue weighted by molar-refractivity contribution is 0.0791. The number of aromatic nitrogens is 3. The molecule has 2 rings (SSSR count). The number of nitriles is 1. The normalized spacial score (nSPS) is 10.0. The molecule has 0 atom stereocenters. The van der Waals surface area contributed by atoms with Gasteiger partial charge >= 0.3 is 6.09 Å². The van der Waals surface area contributed by atoms with Crippen molar-refractivity contribution in [1.29, 1.82) is 5.26 Å². The molecule has 0 aliphatic rings. The van der Waals surface area contributed by atoms with Crippen LogP contribution in [0.2, 0.25) is 0 Å². The minimum Gasteiger partial charge on any atom is -0.444 e. The van der Waals surface area contributed by atoms with E-state index in [0.29, 0.717) is 6.61 Å².